The van der Waals surface area contributed by atoms with Crippen molar-refractivity contribution in [2.75, 3.05) is 0 Å². The number of phenols is 1. The zero-order chi connectivity index (χ0) is 13.4. The van der Waals surface area contributed by atoms with Crippen molar-refractivity contribution in [3.63, 3.8) is 0 Å². The van der Waals surface area contributed by atoms with Crippen molar-refractivity contribution < 1.29 is 9.84 Å². The molecule has 0 aliphatic carbocycles. The average Bonchev–Trinajstić information content (AvgIpc) is 2.46. The number of ether oxygens (including phenoxy) is 1. The second kappa shape index (κ2) is 4.30. The third-order valence-corrected chi connectivity index (χ3v) is 3.25. The van der Waals surface area contributed by atoms with Crippen LogP contribution in [0.3, 0.4) is 0 Å². The zero-order valence-electron chi connectivity index (χ0n) is 10.1. The van der Waals surface area contributed by atoms with Crippen LogP contribution in [0.1, 0.15) is 11.7 Å². The molecule has 2 unspecified atom stereocenters. The average molecular weight is 252 g/mol. The van der Waals surface area contributed by atoms with Gasteiger partial charge in [0.1, 0.15) is 17.5 Å². The Kier molecular flexibility index (Phi) is 2.62. The van der Waals surface area contributed by atoms with Gasteiger partial charge >= 0.3 is 0 Å². The van der Waals surface area contributed by atoms with E-state index in [0.717, 1.165) is 16.7 Å². The molecule has 0 aromatic heterocycles. The summed E-state index contributed by atoms with van der Waals surface area (Å²) in [6.07, 6.45) is -0.488. The Bertz CT molecular complexity index is 676. The lowest BCUT2D eigenvalue weighted by molar-refractivity contribution is 0.189. The van der Waals surface area contributed by atoms with Crippen molar-refractivity contribution in [3.05, 3.63) is 48.0 Å². The van der Waals surface area contributed by atoms with Gasteiger partial charge in [0.2, 0.25) is 0 Å². The molecule has 3 N–H and O–H groups in total. The van der Waals surface area contributed by atoms with Gasteiger partial charge in [0, 0.05) is 11.1 Å². The lowest BCUT2D eigenvalue weighted by atomic mass is 9.90. The fraction of sp³-hybridized carbons (Fsp3) is 0.133. The van der Waals surface area contributed by atoms with E-state index in [1.807, 2.05) is 30.3 Å². The Hall–Kier alpha value is -2.51. The van der Waals surface area contributed by atoms with Gasteiger partial charge in [-0.25, -0.2) is 0 Å². The Morgan fingerprint density at radius 1 is 1.21 bits per heavy atom. The van der Waals surface area contributed by atoms with Crippen molar-refractivity contribution in [1.82, 2.24) is 0 Å². The molecule has 2 atom stereocenters. The highest BCUT2D eigenvalue weighted by atomic mass is 16.5. The van der Waals surface area contributed by atoms with Crippen molar-refractivity contribution in [1.29, 1.82) is 5.26 Å². The first-order valence-corrected chi connectivity index (χ1v) is 5.95. The quantitative estimate of drug-likeness (QED) is 0.816. The topological polar surface area (TPSA) is 79.3 Å². The first-order valence-electron chi connectivity index (χ1n) is 5.95. The fourth-order valence-corrected chi connectivity index (χ4v) is 2.36. The third-order valence-electron chi connectivity index (χ3n) is 3.25. The summed E-state index contributed by atoms with van der Waals surface area (Å²) in [5, 5.41) is 18.6. The number of nitrogens with zero attached hydrogens (tertiary/aromatic N) is 1. The summed E-state index contributed by atoms with van der Waals surface area (Å²) in [4.78, 5) is 0. The van der Waals surface area contributed by atoms with Crippen molar-refractivity contribution in [2.24, 2.45) is 5.73 Å². The van der Waals surface area contributed by atoms with Gasteiger partial charge in [-0.1, -0.05) is 24.3 Å². The van der Waals surface area contributed by atoms with Crippen LogP contribution < -0.4 is 10.5 Å². The Morgan fingerprint density at radius 2 is 2.00 bits per heavy atom. The third kappa shape index (κ3) is 1.81. The monoisotopic (exact) mass is 252 g/mol. The Labute approximate surface area is 110 Å². The highest BCUT2D eigenvalue weighted by Crippen LogP contribution is 2.44. The van der Waals surface area contributed by atoms with E-state index < -0.39 is 12.1 Å². The minimum Gasteiger partial charge on any atom is -0.508 e. The summed E-state index contributed by atoms with van der Waals surface area (Å²) in [7, 11) is 0. The van der Waals surface area contributed by atoms with E-state index in [0.29, 0.717) is 5.75 Å². The smallest absolute Gasteiger partial charge is 0.153 e. The molecule has 3 rings (SSSR count). The summed E-state index contributed by atoms with van der Waals surface area (Å²) < 4.78 is 5.81. The number of hydrogen-bond acceptors (Lipinski definition) is 4. The summed E-state index contributed by atoms with van der Waals surface area (Å²) in [6.45, 7) is 0. The SMILES string of the molecule is N#CC(N)C1Oc2ccc(O)cc2-c2ccccc21. The predicted molar refractivity (Wildman–Crippen MR) is 70.5 cm³/mol. The van der Waals surface area contributed by atoms with Gasteiger partial charge in [-0.2, -0.15) is 5.26 Å². The zero-order valence-corrected chi connectivity index (χ0v) is 10.1. The maximum Gasteiger partial charge on any atom is 0.153 e. The molecular formula is C15H12N2O2. The number of nitrogens with two attached hydrogens (primary N) is 1. The second-order valence-corrected chi connectivity index (χ2v) is 4.46. The van der Waals surface area contributed by atoms with Gasteiger partial charge in [-0.05, 0) is 23.8 Å². The molecule has 0 saturated carbocycles. The van der Waals surface area contributed by atoms with Crippen LogP contribution >= 0.6 is 0 Å². The normalized spacial score (nSPS) is 17.6. The van der Waals surface area contributed by atoms with E-state index in [1.54, 1.807) is 18.2 Å². The number of rotatable bonds is 1. The lowest BCUT2D eigenvalue weighted by Crippen LogP contribution is -2.32. The fourth-order valence-electron chi connectivity index (χ4n) is 2.36. The molecule has 0 radical (unpaired) electrons. The van der Waals surface area contributed by atoms with Gasteiger partial charge < -0.3 is 15.6 Å². The maximum absolute atomic E-state index is 9.60. The summed E-state index contributed by atoms with van der Waals surface area (Å²) in [5.41, 5.74) is 8.44. The van der Waals surface area contributed by atoms with Crippen LogP contribution in [-0.2, 0) is 0 Å². The summed E-state index contributed by atoms with van der Waals surface area (Å²) >= 11 is 0. The number of phenolic OH excluding ortho intramolecular Hbond substituents is 1. The first kappa shape index (κ1) is 11.6. The van der Waals surface area contributed by atoms with Crippen LogP contribution in [0.25, 0.3) is 11.1 Å². The van der Waals surface area contributed by atoms with Crippen LogP contribution in [0.2, 0.25) is 0 Å². The van der Waals surface area contributed by atoms with E-state index in [2.05, 4.69) is 0 Å². The molecule has 0 saturated heterocycles. The van der Waals surface area contributed by atoms with Gasteiger partial charge in [0.25, 0.3) is 0 Å². The predicted octanol–water partition coefficient (Wildman–Crippen LogP) is 2.34. The van der Waals surface area contributed by atoms with E-state index in [9.17, 15) is 5.11 Å². The second-order valence-electron chi connectivity index (χ2n) is 4.46. The molecule has 1 heterocycles. The molecule has 2 aromatic rings. The maximum atomic E-state index is 9.60. The number of nitriles is 1. The molecule has 0 bridgehead atoms. The van der Waals surface area contributed by atoms with Gasteiger partial charge in [-0.15, -0.1) is 0 Å². The van der Waals surface area contributed by atoms with Crippen LogP contribution in [0.5, 0.6) is 11.5 Å². The minimum absolute atomic E-state index is 0.181. The molecule has 19 heavy (non-hydrogen) atoms. The first-order chi connectivity index (χ1) is 9.20. The molecule has 0 fully saturated rings. The molecule has 0 spiro atoms. The summed E-state index contributed by atoms with van der Waals surface area (Å²) in [6, 6.07) is 13.8. The van der Waals surface area contributed by atoms with Crippen LogP contribution in [0, 0.1) is 11.3 Å². The molecule has 4 heteroatoms. The van der Waals surface area contributed by atoms with Gasteiger partial charge in [0.05, 0.1) is 6.07 Å². The van der Waals surface area contributed by atoms with E-state index in [-0.39, 0.29) is 5.75 Å². The Morgan fingerprint density at radius 3 is 2.79 bits per heavy atom. The highest BCUT2D eigenvalue weighted by Gasteiger charge is 2.30. The van der Waals surface area contributed by atoms with E-state index in [1.165, 1.54) is 0 Å². The van der Waals surface area contributed by atoms with Crippen molar-refractivity contribution in [2.45, 2.75) is 12.1 Å². The number of benzene rings is 2. The molecule has 94 valence electrons. The van der Waals surface area contributed by atoms with Crippen LogP contribution in [0.15, 0.2) is 42.5 Å². The molecule has 4 nitrogen and oxygen atoms in total. The van der Waals surface area contributed by atoms with Crippen LogP contribution in [0.4, 0.5) is 0 Å². The van der Waals surface area contributed by atoms with E-state index >= 15 is 0 Å². The molecule has 1 aliphatic heterocycles. The van der Waals surface area contributed by atoms with Gasteiger partial charge in [0.15, 0.2) is 6.10 Å². The number of fused-ring (bicyclic) bond motifs is 3. The number of aromatic hydroxyl groups is 1. The lowest BCUT2D eigenvalue weighted by Gasteiger charge is -2.30. The largest absolute Gasteiger partial charge is 0.508 e. The molecule has 0 amide bonds. The highest BCUT2D eigenvalue weighted by molar-refractivity contribution is 5.77. The van der Waals surface area contributed by atoms with Crippen LogP contribution in [-0.4, -0.2) is 11.1 Å². The Balaban J connectivity index is 2.21. The van der Waals surface area contributed by atoms with E-state index in [4.69, 9.17) is 15.7 Å². The summed E-state index contributed by atoms with van der Waals surface area (Å²) in [5.74, 6) is 0.812. The molecule has 1 aliphatic rings. The minimum atomic E-state index is -0.733. The van der Waals surface area contributed by atoms with Crippen molar-refractivity contribution in [3.8, 4) is 28.7 Å². The molecule has 2 aromatic carbocycles. The van der Waals surface area contributed by atoms with Gasteiger partial charge in [-0.3, -0.25) is 0 Å². The number of hydrogen-bond donors (Lipinski definition) is 2. The standard InChI is InChI=1S/C15H12N2O2/c16-8-13(17)15-11-4-2-1-3-10(11)12-7-9(18)5-6-14(12)19-15/h1-7,13,15,18H,17H2. The molecular weight excluding hydrogens is 240 g/mol. The van der Waals surface area contributed by atoms with Crippen molar-refractivity contribution >= 4 is 0 Å².